The smallest absolute Gasteiger partial charge is 0.174 e. The van der Waals surface area contributed by atoms with Gasteiger partial charge in [-0.25, -0.2) is 0 Å². The molecule has 1 saturated heterocycles. The van der Waals surface area contributed by atoms with E-state index in [1.807, 2.05) is 34.6 Å². The highest BCUT2D eigenvalue weighted by atomic mass is 16.6. The first-order valence-corrected chi connectivity index (χ1v) is 10.8. The molecule has 0 aromatic carbocycles. The molecule has 6 unspecified atom stereocenters. The largest absolute Gasteiger partial charge is 0.389 e. The van der Waals surface area contributed by atoms with Crippen molar-refractivity contribution in [1.29, 1.82) is 0 Å². The van der Waals surface area contributed by atoms with Gasteiger partial charge in [-0.2, -0.15) is 0 Å². The zero-order chi connectivity index (χ0) is 21.6. The average Bonchev–Trinajstić information content (AvgIpc) is 2.65. The van der Waals surface area contributed by atoms with Crippen LogP contribution in [-0.2, 0) is 19.0 Å². The van der Waals surface area contributed by atoms with Crippen LogP contribution >= 0.6 is 0 Å². The molecule has 164 valence electrons. The fraction of sp³-hybridized carbons (Fsp3) is 0.870. The lowest BCUT2D eigenvalue weighted by Gasteiger charge is -2.67. The van der Waals surface area contributed by atoms with Crippen molar-refractivity contribution in [3.8, 4) is 0 Å². The van der Waals surface area contributed by atoms with Crippen LogP contribution in [0.15, 0.2) is 11.1 Å². The van der Waals surface area contributed by atoms with E-state index in [2.05, 4.69) is 0 Å². The average molecular weight is 409 g/mol. The number of carbonyl (C=O) groups excluding carboxylic acids is 1. The highest BCUT2D eigenvalue weighted by Crippen LogP contribution is 2.64. The molecule has 2 bridgehead atoms. The lowest BCUT2D eigenvalue weighted by molar-refractivity contribution is -0.336. The van der Waals surface area contributed by atoms with Gasteiger partial charge >= 0.3 is 0 Å². The third-order valence-corrected chi connectivity index (χ3v) is 9.26. The summed E-state index contributed by atoms with van der Waals surface area (Å²) in [6.45, 7) is 10.1. The minimum atomic E-state index is -1.16. The molecule has 3 fully saturated rings. The number of methoxy groups -OCH3 is 2. The Morgan fingerprint density at radius 3 is 2.31 bits per heavy atom. The molecule has 0 spiro atoms. The van der Waals surface area contributed by atoms with Crippen LogP contribution in [0.4, 0.5) is 0 Å². The zero-order valence-electron chi connectivity index (χ0n) is 18.7. The van der Waals surface area contributed by atoms with Crippen molar-refractivity contribution in [1.82, 2.24) is 0 Å². The molecule has 0 aromatic heterocycles. The van der Waals surface area contributed by atoms with Gasteiger partial charge < -0.3 is 24.4 Å². The predicted octanol–water partition coefficient (Wildman–Crippen LogP) is 2.26. The van der Waals surface area contributed by atoms with Crippen molar-refractivity contribution in [2.45, 2.75) is 83.4 Å². The summed E-state index contributed by atoms with van der Waals surface area (Å²) in [5.41, 5.74) is -1.91. The molecule has 0 amide bonds. The van der Waals surface area contributed by atoms with Crippen LogP contribution in [-0.4, -0.2) is 66.3 Å². The molecule has 1 heterocycles. The van der Waals surface area contributed by atoms with Crippen molar-refractivity contribution >= 4 is 5.78 Å². The second kappa shape index (κ2) is 6.36. The van der Waals surface area contributed by atoms with Gasteiger partial charge in [0, 0.05) is 32.0 Å². The topological polar surface area (TPSA) is 85.2 Å². The lowest BCUT2D eigenvalue weighted by Crippen LogP contribution is -2.78. The monoisotopic (exact) mass is 408 g/mol. The van der Waals surface area contributed by atoms with E-state index < -0.39 is 40.2 Å². The summed E-state index contributed by atoms with van der Waals surface area (Å²) in [7, 11) is 3.17. The number of hydrogen-bond acceptors (Lipinski definition) is 6. The Morgan fingerprint density at radius 2 is 1.79 bits per heavy atom. The molecule has 0 radical (unpaired) electrons. The lowest BCUT2D eigenvalue weighted by atomic mass is 9.43. The molecule has 2 saturated carbocycles. The Kier molecular flexibility index (Phi) is 4.70. The van der Waals surface area contributed by atoms with Crippen LogP contribution in [0.25, 0.3) is 0 Å². The first kappa shape index (κ1) is 21.4. The molecular weight excluding hydrogens is 372 g/mol. The summed E-state index contributed by atoms with van der Waals surface area (Å²) >= 11 is 0. The molecule has 2 N–H and O–H groups in total. The van der Waals surface area contributed by atoms with Crippen molar-refractivity contribution in [3.63, 3.8) is 0 Å². The van der Waals surface area contributed by atoms with Gasteiger partial charge in [0.2, 0.25) is 0 Å². The normalized spacial score (nSPS) is 51.5. The number of carbonyl (C=O) groups is 1. The number of hydrogen-bond donors (Lipinski definition) is 2. The van der Waals surface area contributed by atoms with E-state index in [-0.39, 0.29) is 24.4 Å². The highest BCUT2D eigenvalue weighted by Gasteiger charge is 2.73. The van der Waals surface area contributed by atoms with Crippen molar-refractivity contribution in [2.75, 3.05) is 20.8 Å². The van der Waals surface area contributed by atoms with Gasteiger partial charge in [0.05, 0.1) is 29.8 Å². The Hall–Kier alpha value is -0.790. The van der Waals surface area contributed by atoms with Crippen LogP contribution in [0.5, 0.6) is 0 Å². The van der Waals surface area contributed by atoms with Crippen LogP contribution < -0.4 is 0 Å². The molecule has 29 heavy (non-hydrogen) atoms. The van der Waals surface area contributed by atoms with Gasteiger partial charge in [0.25, 0.3) is 0 Å². The minimum Gasteiger partial charge on any atom is -0.389 e. The van der Waals surface area contributed by atoms with Gasteiger partial charge in [-0.1, -0.05) is 26.3 Å². The van der Waals surface area contributed by atoms with Gasteiger partial charge in [-0.15, -0.1) is 0 Å². The van der Waals surface area contributed by atoms with Gasteiger partial charge in [-0.05, 0) is 38.2 Å². The SMILES string of the molecule is COC1C(=O)[C@]2(C)C(OC)CC3OCC3(O)C2[C@H](C)C2(O)CCC(C)=C1C2(C)C. The number of Topliss-reactive ketones (excluding diaryl/α,β-unsaturated/α-hetero) is 1. The van der Waals surface area contributed by atoms with E-state index in [1.165, 1.54) is 0 Å². The van der Waals surface area contributed by atoms with Gasteiger partial charge in [-0.3, -0.25) is 4.79 Å². The van der Waals surface area contributed by atoms with Crippen LogP contribution in [0.1, 0.15) is 53.9 Å². The second-order valence-corrected chi connectivity index (χ2v) is 10.5. The molecule has 8 atom stereocenters. The quantitative estimate of drug-likeness (QED) is 0.682. The summed E-state index contributed by atoms with van der Waals surface area (Å²) in [4.78, 5) is 14.2. The molecule has 1 aliphatic heterocycles. The first-order chi connectivity index (χ1) is 13.4. The summed E-state index contributed by atoms with van der Waals surface area (Å²) in [6.07, 6.45) is 0.185. The number of fused-ring (bicyclic) bond motifs is 5. The maximum absolute atomic E-state index is 14.2. The van der Waals surface area contributed by atoms with E-state index in [1.54, 1.807) is 14.2 Å². The van der Waals surface area contributed by atoms with Crippen LogP contribution in [0.3, 0.4) is 0 Å². The molecule has 6 heteroatoms. The number of ketones is 1. The summed E-state index contributed by atoms with van der Waals surface area (Å²) < 4.78 is 17.4. The fourth-order valence-electron chi connectivity index (χ4n) is 7.55. The molecule has 6 nitrogen and oxygen atoms in total. The number of ether oxygens (including phenoxy) is 3. The number of rotatable bonds is 2. The summed E-state index contributed by atoms with van der Waals surface area (Å²) in [5.74, 6) is -0.891. The van der Waals surface area contributed by atoms with Crippen LogP contribution in [0.2, 0.25) is 0 Å². The third-order valence-electron chi connectivity index (χ3n) is 9.26. The van der Waals surface area contributed by atoms with Crippen LogP contribution in [0, 0.1) is 22.7 Å². The van der Waals surface area contributed by atoms with E-state index in [0.717, 1.165) is 11.1 Å². The minimum absolute atomic E-state index is 0.0613. The summed E-state index contributed by atoms with van der Waals surface area (Å²) in [5, 5.41) is 23.9. The van der Waals surface area contributed by atoms with Gasteiger partial charge in [0.1, 0.15) is 11.7 Å². The van der Waals surface area contributed by atoms with Crippen molar-refractivity contribution in [2.24, 2.45) is 22.7 Å². The van der Waals surface area contributed by atoms with E-state index in [4.69, 9.17) is 14.2 Å². The number of allylic oxidation sites excluding steroid dienone is 1. The first-order valence-electron chi connectivity index (χ1n) is 10.8. The standard InChI is InChI=1S/C23H36O6/c1-12-8-9-23(26)13(2)18-21(5,14(27-6)10-15-22(18,25)11-29-15)19(24)17(28-7)16(12)20(23,3)4/h13-15,17-18,25-26H,8-11H2,1-7H3/t13-,14?,15?,17?,18?,21+,22?,23?/m0/s1. The number of aliphatic hydroxyl groups is 2. The zero-order valence-corrected chi connectivity index (χ0v) is 18.7. The second-order valence-electron chi connectivity index (χ2n) is 10.5. The van der Waals surface area contributed by atoms with Crippen molar-refractivity contribution < 1.29 is 29.2 Å². The predicted molar refractivity (Wildman–Crippen MR) is 107 cm³/mol. The maximum Gasteiger partial charge on any atom is 0.174 e. The Balaban J connectivity index is 2.01. The summed E-state index contributed by atoms with van der Waals surface area (Å²) in [6, 6.07) is 0. The Morgan fingerprint density at radius 1 is 1.14 bits per heavy atom. The molecule has 0 aromatic rings. The molecule has 4 aliphatic rings. The molecular formula is C23H36O6. The Labute approximate surface area is 173 Å². The van der Waals surface area contributed by atoms with E-state index >= 15 is 0 Å². The van der Waals surface area contributed by atoms with Gasteiger partial charge in [0.15, 0.2) is 5.78 Å². The molecule has 3 aliphatic carbocycles. The van der Waals surface area contributed by atoms with Crippen molar-refractivity contribution in [3.05, 3.63) is 11.1 Å². The van der Waals surface area contributed by atoms with E-state index in [9.17, 15) is 15.0 Å². The molecule has 4 rings (SSSR count). The Bertz CT molecular complexity index is 758. The third kappa shape index (κ3) is 2.33. The van der Waals surface area contributed by atoms with E-state index in [0.29, 0.717) is 19.3 Å². The highest BCUT2D eigenvalue weighted by molar-refractivity contribution is 5.93. The maximum atomic E-state index is 14.2. The fourth-order valence-corrected chi connectivity index (χ4v) is 7.55.